The molecule has 2 heterocycles. The maximum absolute atomic E-state index is 4.24. The Morgan fingerprint density at radius 3 is 2.81 bits per heavy atom. The summed E-state index contributed by atoms with van der Waals surface area (Å²) in [6.45, 7) is 7.48. The van der Waals surface area contributed by atoms with Crippen molar-refractivity contribution in [2.45, 2.75) is 32.7 Å². The van der Waals surface area contributed by atoms with Gasteiger partial charge in [-0.1, -0.05) is 0 Å². The largest absolute Gasteiger partial charge is 0.352 e. The highest BCUT2D eigenvalue weighted by Gasteiger charge is 2.20. The first-order valence-electron chi connectivity index (χ1n) is 6.08. The number of hydrogen-bond acceptors (Lipinski definition) is 4. The Balaban J connectivity index is 2.14. The average Bonchev–Trinajstić information content (AvgIpc) is 2.31. The van der Waals surface area contributed by atoms with Crippen molar-refractivity contribution in [2.24, 2.45) is 0 Å². The predicted molar refractivity (Wildman–Crippen MR) is 65.7 cm³/mol. The zero-order valence-corrected chi connectivity index (χ0v) is 10.1. The second-order valence-corrected chi connectivity index (χ2v) is 4.36. The Hall–Kier alpha value is -1.16. The summed E-state index contributed by atoms with van der Waals surface area (Å²) in [6, 6.07) is 2.74. The Morgan fingerprint density at radius 2 is 2.19 bits per heavy atom. The Labute approximate surface area is 97.1 Å². The first-order valence-corrected chi connectivity index (χ1v) is 6.08. The average molecular weight is 220 g/mol. The van der Waals surface area contributed by atoms with Crippen molar-refractivity contribution in [3.05, 3.63) is 17.8 Å². The van der Waals surface area contributed by atoms with Crippen LogP contribution in [-0.2, 0) is 0 Å². The molecular weight excluding hydrogens is 200 g/mol. The number of rotatable bonds is 3. The van der Waals surface area contributed by atoms with Gasteiger partial charge in [0.15, 0.2) is 5.82 Å². The van der Waals surface area contributed by atoms with Crippen LogP contribution in [0.15, 0.2) is 12.3 Å². The van der Waals surface area contributed by atoms with Crippen LogP contribution in [0, 0.1) is 6.92 Å². The molecule has 4 heteroatoms. The summed E-state index contributed by atoms with van der Waals surface area (Å²) in [7, 11) is 0. The molecule has 1 saturated heterocycles. The van der Waals surface area contributed by atoms with Crippen molar-refractivity contribution in [3.63, 3.8) is 0 Å². The highest BCUT2D eigenvalue weighted by molar-refractivity contribution is 5.40. The van der Waals surface area contributed by atoms with Crippen molar-refractivity contribution >= 4 is 5.82 Å². The fourth-order valence-electron chi connectivity index (χ4n) is 2.31. The number of nitrogens with one attached hydrogen (secondary N) is 1. The van der Waals surface area contributed by atoms with Gasteiger partial charge in [0, 0.05) is 12.6 Å². The summed E-state index contributed by atoms with van der Waals surface area (Å²) in [4.78, 5) is 2.38. The van der Waals surface area contributed by atoms with E-state index in [1.807, 2.05) is 0 Å². The fourth-order valence-corrected chi connectivity index (χ4v) is 2.31. The van der Waals surface area contributed by atoms with Crippen LogP contribution in [0.3, 0.4) is 0 Å². The molecule has 1 aromatic rings. The van der Waals surface area contributed by atoms with Gasteiger partial charge in [0.2, 0.25) is 0 Å². The van der Waals surface area contributed by atoms with E-state index in [0.717, 1.165) is 25.5 Å². The van der Waals surface area contributed by atoms with Gasteiger partial charge < -0.3 is 10.2 Å². The van der Waals surface area contributed by atoms with Crippen LogP contribution in [0.25, 0.3) is 0 Å². The van der Waals surface area contributed by atoms with E-state index in [4.69, 9.17) is 0 Å². The lowest BCUT2D eigenvalue weighted by Gasteiger charge is -2.34. The maximum Gasteiger partial charge on any atom is 0.151 e. The van der Waals surface area contributed by atoms with Crippen LogP contribution in [-0.4, -0.2) is 35.9 Å². The molecule has 1 aliphatic heterocycles. The summed E-state index contributed by atoms with van der Waals surface area (Å²) >= 11 is 0. The molecule has 0 radical (unpaired) electrons. The van der Waals surface area contributed by atoms with Crippen LogP contribution in [0.2, 0.25) is 0 Å². The normalized spacial score (nSPS) is 17.4. The molecule has 16 heavy (non-hydrogen) atoms. The molecule has 0 aromatic carbocycles. The molecule has 4 nitrogen and oxygen atoms in total. The fraction of sp³-hybridized carbons (Fsp3) is 0.667. The quantitative estimate of drug-likeness (QED) is 0.835. The van der Waals surface area contributed by atoms with E-state index in [1.165, 1.54) is 18.4 Å². The third-order valence-corrected chi connectivity index (χ3v) is 3.16. The Bertz CT molecular complexity index is 334. The first-order chi connectivity index (χ1) is 7.81. The molecule has 0 spiro atoms. The molecule has 0 amide bonds. The van der Waals surface area contributed by atoms with Crippen LogP contribution < -0.4 is 10.2 Å². The minimum absolute atomic E-state index is 0.613. The Morgan fingerprint density at radius 1 is 1.44 bits per heavy atom. The lowest BCUT2D eigenvalue weighted by molar-refractivity contribution is 0.431. The lowest BCUT2D eigenvalue weighted by Crippen LogP contribution is -2.43. The van der Waals surface area contributed by atoms with Crippen LogP contribution >= 0.6 is 0 Å². The van der Waals surface area contributed by atoms with E-state index in [2.05, 4.69) is 40.3 Å². The van der Waals surface area contributed by atoms with Gasteiger partial charge in [-0.3, -0.25) is 0 Å². The van der Waals surface area contributed by atoms with Crippen molar-refractivity contribution < 1.29 is 0 Å². The minimum Gasteiger partial charge on any atom is -0.352 e. The molecule has 88 valence electrons. The SMILES string of the molecule is CCN(c1cc(C)cnn1)C1CCNCC1. The molecule has 1 aliphatic rings. The van der Waals surface area contributed by atoms with E-state index in [0.29, 0.717) is 6.04 Å². The molecule has 1 aromatic heterocycles. The monoisotopic (exact) mass is 220 g/mol. The third kappa shape index (κ3) is 2.50. The van der Waals surface area contributed by atoms with Crippen LogP contribution in [0.5, 0.6) is 0 Å². The summed E-state index contributed by atoms with van der Waals surface area (Å²) in [5.74, 6) is 1.02. The molecular formula is C12H20N4. The third-order valence-electron chi connectivity index (χ3n) is 3.16. The number of hydrogen-bond donors (Lipinski definition) is 1. The van der Waals surface area contributed by atoms with Crippen LogP contribution in [0.4, 0.5) is 5.82 Å². The van der Waals surface area contributed by atoms with Gasteiger partial charge in [-0.25, -0.2) is 0 Å². The lowest BCUT2D eigenvalue weighted by atomic mass is 10.0. The summed E-state index contributed by atoms with van der Waals surface area (Å²) in [5.41, 5.74) is 1.18. The molecule has 0 aliphatic carbocycles. The topological polar surface area (TPSA) is 41.1 Å². The van der Waals surface area contributed by atoms with Crippen molar-refractivity contribution in [3.8, 4) is 0 Å². The van der Waals surface area contributed by atoms with Crippen LogP contribution in [0.1, 0.15) is 25.3 Å². The number of piperidine rings is 1. The molecule has 0 saturated carbocycles. The molecule has 0 bridgehead atoms. The van der Waals surface area contributed by atoms with Gasteiger partial charge in [0.05, 0.1) is 6.20 Å². The maximum atomic E-state index is 4.24. The van der Waals surface area contributed by atoms with E-state index in [1.54, 1.807) is 6.20 Å². The first kappa shape index (κ1) is 11.3. The van der Waals surface area contributed by atoms with Crippen molar-refractivity contribution in [1.82, 2.24) is 15.5 Å². The highest BCUT2D eigenvalue weighted by atomic mass is 15.3. The van der Waals surface area contributed by atoms with Gasteiger partial charge in [-0.05, 0) is 51.4 Å². The minimum atomic E-state index is 0.613. The van der Waals surface area contributed by atoms with E-state index in [-0.39, 0.29) is 0 Å². The summed E-state index contributed by atoms with van der Waals surface area (Å²) < 4.78 is 0. The van der Waals surface area contributed by atoms with E-state index < -0.39 is 0 Å². The van der Waals surface area contributed by atoms with Crippen molar-refractivity contribution in [2.75, 3.05) is 24.5 Å². The number of aromatic nitrogens is 2. The van der Waals surface area contributed by atoms with Crippen molar-refractivity contribution in [1.29, 1.82) is 0 Å². The van der Waals surface area contributed by atoms with E-state index in [9.17, 15) is 0 Å². The van der Waals surface area contributed by atoms with Gasteiger partial charge >= 0.3 is 0 Å². The molecule has 1 N–H and O–H groups in total. The second kappa shape index (κ2) is 5.25. The number of aryl methyl sites for hydroxylation is 1. The standard InChI is InChI=1S/C12H20N4/c1-3-16(11-4-6-13-7-5-11)12-8-10(2)9-14-15-12/h8-9,11,13H,3-7H2,1-2H3. The van der Waals surface area contributed by atoms with Gasteiger partial charge in [0.25, 0.3) is 0 Å². The molecule has 0 atom stereocenters. The molecule has 2 rings (SSSR count). The summed E-state index contributed by atoms with van der Waals surface area (Å²) in [6.07, 6.45) is 4.20. The molecule has 0 unspecified atom stereocenters. The smallest absolute Gasteiger partial charge is 0.151 e. The molecule has 1 fully saturated rings. The zero-order chi connectivity index (χ0) is 11.4. The Kier molecular flexibility index (Phi) is 3.72. The highest BCUT2D eigenvalue weighted by Crippen LogP contribution is 2.19. The van der Waals surface area contributed by atoms with Gasteiger partial charge in [-0.2, -0.15) is 5.10 Å². The van der Waals surface area contributed by atoms with Gasteiger partial charge in [-0.15, -0.1) is 5.10 Å². The van der Waals surface area contributed by atoms with E-state index >= 15 is 0 Å². The second-order valence-electron chi connectivity index (χ2n) is 4.36. The number of anilines is 1. The predicted octanol–water partition coefficient (Wildman–Crippen LogP) is 1.36. The number of nitrogens with zero attached hydrogens (tertiary/aromatic N) is 3. The summed E-state index contributed by atoms with van der Waals surface area (Å²) in [5, 5.41) is 11.7. The van der Waals surface area contributed by atoms with Gasteiger partial charge in [0.1, 0.15) is 0 Å². The zero-order valence-electron chi connectivity index (χ0n) is 10.1.